The van der Waals surface area contributed by atoms with E-state index in [2.05, 4.69) is 78.5 Å². The maximum atomic E-state index is 5.92. The van der Waals surface area contributed by atoms with E-state index < -0.39 is 0 Å². The first-order chi connectivity index (χ1) is 17.0. The van der Waals surface area contributed by atoms with E-state index in [0.717, 1.165) is 37.5 Å². The van der Waals surface area contributed by atoms with Crippen LogP contribution in [0.2, 0.25) is 0 Å². The fraction of sp³-hybridized carbons (Fsp3) is 0.588. The van der Waals surface area contributed by atoms with E-state index in [-0.39, 0.29) is 7.43 Å². The van der Waals surface area contributed by atoms with Crippen molar-refractivity contribution < 1.29 is 4.74 Å². The molecule has 1 aromatic carbocycles. The highest BCUT2D eigenvalue weighted by Crippen LogP contribution is 2.34. The van der Waals surface area contributed by atoms with Crippen molar-refractivity contribution in [3.8, 4) is 16.2 Å². The molecule has 0 saturated carbocycles. The van der Waals surface area contributed by atoms with Gasteiger partial charge in [0.05, 0.1) is 6.61 Å². The number of aryl methyl sites for hydroxylation is 2. The highest BCUT2D eigenvalue weighted by molar-refractivity contribution is 7.15. The Morgan fingerprint density at radius 1 is 0.917 bits per heavy atom. The van der Waals surface area contributed by atoms with Crippen LogP contribution in [-0.4, -0.2) is 6.61 Å². The second-order valence-corrected chi connectivity index (χ2v) is 10.1. The molecule has 0 N–H and O–H groups in total. The number of allylic oxidation sites excluding steroid dienone is 2. The van der Waals surface area contributed by atoms with Crippen LogP contribution in [0.15, 0.2) is 43.0 Å². The number of unbranched alkanes of at least 4 members (excludes halogenated alkanes) is 1. The highest BCUT2D eigenvalue weighted by atomic mass is 32.1. The summed E-state index contributed by atoms with van der Waals surface area (Å²) in [5.41, 5.74) is 3.83. The molecule has 2 heteroatoms. The van der Waals surface area contributed by atoms with Crippen LogP contribution in [0.5, 0.6) is 5.75 Å². The summed E-state index contributed by atoms with van der Waals surface area (Å²) in [5, 5.41) is 0. The number of thiophene rings is 1. The van der Waals surface area contributed by atoms with E-state index >= 15 is 0 Å². The van der Waals surface area contributed by atoms with Gasteiger partial charge in [-0.1, -0.05) is 126 Å². The minimum Gasteiger partial charge on any atom is -0.493 e. The minimum atomic E-state index is 0. The smallest absolute Gasteiger partial charge is 0.122 e. The number of hydrogen-bond donors (Lipinski definition) is 0. The Bertz CT molecular complexity index is 800. The van der Waals surface area contributed by atoms with Crippen molar-refractivity contribution in [2.75, 3.05) is 6.61 Å². The molecule has 0 unspecified atom stereocenters. The standard InChI is InChI=1S/C21H26OS.C10H22.C2H6.CH4/c1-5-8-10-18-15-21(23-16(18)4)19-11-12-20(17(7-3)14-19)22-13-9-6-2;1-4-7-10(8-5-2)9-6-3;1-2;/h5,8,10-12,14-15H,1,6-7,9,13H2,2-4H3;10H,4-9H2,1-3H3;1-2H3;1H4/b10-8-;;;. The molecule has 0 spiro atoms. The Morgan fingerprint density at radius 3 is 2.03 bits per heavy atom. The summed E-state index contributed by atoms with van der Waals surface area (Å²) >= 11 is 1.84. The van der Waals surface area contributed by atoms with Crippen LogP contribution in [0.3, 0.4) is 0 Å². The molecule has 1 aromatic heterocycles. The summed E-state index contributed by atoms with van der Waals surface area (Å²) in [7, 11) is 0. The Hall–Kier alpha value is -1.80. The zero-order valence-electron chi connectivity index (χ0n) is 24.2. The average molecular weight is 515 g/mol. The molecule has 1 nitrogen and oxygen atoms in total. The maximum absolute atomic E-state index is 5.92. The molecule has 0 atom stereocenters. The molecule has 0 bridgehead atoms. The second kappa shape index (κ2) is 23.6. The van der Waals surface area contributed by atoms with Crippen molar-refractivity contribution >= 4 is 17.4 Å². The van der Waals surface area contributed by atoms with Gasteiger partial charge in [0.2, 0.25) is 0 Å². The summed E-state index contributed by atoms with van der Waals surface area (Å²) < 4.78 is 5.92. The van der Waals surface area contributed by atoms with E-state index in [9.17, 15) is 0 Å². The molecular formula is C34H58OS. The molecule has 0 aliphatic rings. The van der Waals surface area contributed by atoms with E-state index in [1.807, 2.05) is 37.3 Å². The van der Waals surface area contributed by atoms with Crippen molar-refractivity contribution in [1.82, 2.24) is 0 Å². The number of benzene rings is 1. The molecule has 2 aromatic rings. The Morgan fingerprint density at radius 2 is 1.53 bits per heavy atom. The van der Waals surface area contributed by atoms with Crippen LogP contribution < -0.4 is 4.74 Å². The van der Waals surface area contributed by atoms with Crippen LogP contribution in [0, 0.1) is 12.8 Å². The summed E-state index contributed by atoms with van der Waals surface area (Å²) in [4.78, 5) is 2.64. The quantitative estimate of drug-likeness (QED) is 0.180. The predicted molar refractivity (Wildman–Crippen MR) is 170 cm³/mol. The van der Waals surface area contributed by atoms with Gasteiger partial charge in [-0.25, -0.2) is 0 Å². The van der Waals surface area contributed by atoms with Crippen LogP contribution in [0.4, 0.5) is 0 Å². The molecule has 0 amide bonds. The average Bonchev–Trinajstić information content (AvgIpc) is 3.25. The van der Waals surface area contributed by atoms with Gasteiger partial charge in [0, 0.05) is 9.75 Å². The Labute approximate surface area is 230 Å². The van der Waals surface area contributed by atoms with E-state index in [0.29, 0.717) is 0 Å². The zero-order valence-corrected chi connectivity index (χ0v) is 25.0. The second-order valence-electron chi connectivity index (χ2n) is 8.83. The third kappa shape index (κ3) is 14.1. The molecule has 0 radical (unpaired) electrons. The van der Waals surface area contributed by atoms with Gasteiger partial charge in [-0.3, -0.25) is 0 Å². The molecule has 36 heavy (non-hydrogen) atoms. The van der Waals surface area contributed by atoms with E-state index in [1.54, 1.807) is 0 Å². The van der Waals surface area contributed by atoms with Gasteiger partial charge in [-0.05, 0) is 66.6 Å². The lowest BCUT2D eigenvalue weighted by Gasteiger charge is -2.12. The highest BCUT2D eigenvalue weighted by Gasteiger charge is 2.09. The lowest BCUT2D eigenvalue weighted by atomic mass is 9.94. The SMILES string of the molecule is C.C=C/C=C\c1cc(-c2ccc(OCCCC)c(CC)c2)sc1C.CC.CCCC(CCC)CCC. The van der Waals surface area contributed by atoms with Gasteiger partial charge in [-0.15, -0.1) is 11.3 Å². The summed E-state index contributed by atoms with van der Waals surface area (Å²) in [6.45, 7) is 21.9. The van der Waals surface area contributed by atoms with Crippen molar-refractivity contribution in [2.24, 2.45) is 5.92 Å². The topological polar surface area (TPSA) is 9.23 Å². The lowest BCUT2D eigenvalue weighted by molar-refractivity contribution is 0.306. The van der Waals surface area contributed by atoms with Crippen LogP contribution in [0.25, 0.3) is 16.5 Å². The van der Waals surface area contributed by atoms with Crippen LogP contribution >= 0.6 is 11.3 Å². The Balaban J connectivity index is 0. The number of hydrogen-bond acceptors (Lipinski definition) is 2. The van der Waals surface area contributed by atoms with Gasteiger partial charge in [-0.2, -0.15) is 0 Å². The summed E-state index contributed by atoms with van der Waals surface area (Å²) in [6, 6.07) is 8.82. The molecular weight excluding hydrogens is 456 g/mol. The van der Waals surface area contributed by atoms with Gasteiger partial charge in [0.1, 0.15) is 5.75 Å². The number of ether oxygens (including phenoxy) is 1. The molecule has 0 fully saturated rings. The molecule has 206 valence electrons. The first-order valence-electron chi connectivity index (χ1n) is 14.2. The molecule has 0 aliphatic heterocycles. The first-order valence-corrected chi connectivity index (χ1v) is 15.0. The number of rotatable bonds is 14. The van der Waals surface area contributed by atoms with Crippen molar-refractivity contribution in [2.45, 2.75) is 121 Å². The lowest BCUT2D eigenvalue weighted by Crippen LogP contribution is -1.99. The largest absolute Gasteiger partial charge is 0.493 e. The van der Waals surface area contributed by atoms with E-state index in [4.69, 9.17) is 4.74 Å². The summed E-state index contributed by atoms with van der Waals surface area (Å²) in [6.07, 6.45) is 17.6. The van der Waals surface area contributed by atoms with Crippen molar-refractivity contribution in [3.63, 3.8) is 0 Å². The van der Waals surface area contributed by atoms with Gasteiger partial charge < -0.3 is 4.74 Å². The minimum absolute atomic E-state index is 0. The van der Waals surface area contributed by atoms with Gasteiger partial charge in [0.25, 0.3) is 0 Å². The fourth-order valence-electron chi connectivity index (χ4n) is 4.11. The van der Waals surface area contributed by atoms with Crippen molar-refractivity contribution in [3.05, 3.63) is 59.0 Å². The van der Waals surface area contributed by atoms with Gasteiger partial charge in [0.15, 0.2) is 0 Å². The first kappa shape index (κ1) is 36.4. The Kier molecular flexibility index (Phi) is 23.8. The van der Waals surface area contributed by atoms with E-state index in [1.165, 1.54) is 65.0 Å². The van der Waals surface area contributed by atoms with Crippen molar-refractivity contribution in [1.29, 1.82) is 0 Å². The zero-order chi connectivity index (χ0) is 26.5. The maximum Gasteiger partial charge on any atom is 0.122 e. The van der Waals surface area contributed by atoms with Crippen LogP contribution in [0.1, 0.15) is 123 Å². The summed E-state index contributed by atoms with van der Waals surface area (Å²) in [5.74, 6) is 2.06. The third-order valence-corrected chi connectivity index (χ3v) is 7.06. The predicted octanol–water partition coefficient (Wildman–Crippen LogP) is 12.3. The molecule has 2 rings (SSSR count). The fourth-order valence-corrected chi connectivity index (χ4v) is 5.12. The van der Waals surface area contributed by atoms with Crippen LogP contribution in [-0.2, 0) is 6.42 Å². The third-order valence-electron chi connectivity index (χ3n) is 5.94. The van der Waals surface area contributed by atoms with Gasteiger partial charge >= 0.3 is 0 Å². The molecule has 0 saturated heterocycles. The molecule has 1 heterocycles. The monoisotopic (exact) mass is 514 g/mol. The molecule has 0 aliphatic carbocycles. The normalized spacial score (nSPS) is 10.2.